The maximum atomic E-state index is 10.9. The van der Waals surface area contributed by atoms with Crippen molar-refractivity contribution < 1.29 is 5.11 Å². The first-order valence-electron chi connectivity index (χ1n) is 7.68. The van der Waals surface area contributed by atoms with Gasteiger partial charge in [0.05, 0.1) is 5.60 Å². The second-order valence-corrected chi connectivity index (χ2v) is 5.67. The van der Waals surface area contributed by atoms with Gasteiger partial charge >= 0.3 is 0 Å². The number of hydrogen-bond acceptors (Lipinski definition) is 2. The van der Waals surface area contributed by atoms with Crippen LogP contribution in [0.15, 0.2) is 0 Å². The zero-order valence-electron chi connectivity index (χ0n) is 11.8. The molecule has 0 aromatic heterocycles. The molecule has 2 heteroatoms. The molecule has 2 N–H and O–H groups in total. The molecule has 1 rings (SSSR count). The van der Waals surface area contributed by atoms with Crippen molar-refractivity contribution in [1.29, 1.82) is 0 Å². The zero-order chi connectivity index (χ0) is 12.6. The molecular formula is C15H31NO. The average Bonchev–Trinajstić information content (AvgIpc) is 2.84. The summed E-state index contributed by atoms with van der Waals surface area (Å²) in [7, 11) is 0. The zero-order valence-corrected chi connectivity index (χ0v) is 11.8. The molecule has 1 heterocycles. The molecule has 0 unspecified atom stereocenters. The molecule has 1 aliphatic heterocycles. The monoisotopic (exact) mass is 241 g/mol. The van der Waals surface area contributed by atoms with Gasteiger partial charge in [-0.15, -0.1) is 0 Å². The SMILES string of the molecule is CCCCCC(O)(CCCCC)[C@@H]1CCCN1. The van der Waals surface area contributed by atoms with E-state index in [9.17, 15) is 5.11 Å². The summed E-state index contributed by atoms with van der Waals surface area (Å²) in [6, 6.07) is 0.358. The van der Waals surface area contributed by atoms with Gasteiger partial charge in [0.2, 0.25) is 0 Å². The van der Waals surface area contributed by atoms with Crippen LogP contribution in [-0.2, 0) is 0 Å². The van der Waals surface area contributed by atoms with Crippen molar-refractivity contribution in [2.75, 3.05) is 6.54 Å². The summed E-state index contributed by atoms with van der Waals surface area (Å²) in [6.45, 7) is 5.54. The largest absolute Gasteiger partial charge is 0.388 e. The van der Waals surface area contributed by atoms with Gasteiger partial charge in [0.15, 0.2) is 0 Å². The lowest BCUT2D eigenvalue weighted by molar-refractivity contribution is -0.0127. The summed E-state index contributed by atoms with van der Waals surface area (Å²) in [6.07, 6.45) is 11.7. The van der Waals surface area contributed by atoms with E-state index in [1.165, 1.54) is 44.9 Å². The summed E-state index contributed by atoms with van der Waals surface area (Å²) >= 11 is 0. The van der Waals surface area contributed by atoms with Gasteiger partial charge in [-0.2, -0.15) is 0 Å². The van der Waals surface area contributed by atoms with E-state index in [0.29, 0.717) is 6.04 Å². The van der Waals surface area contributed by atoms with Gasteiger partial charge in [-0.1, -0.05) is 52.4 Å². The Bertz CT molecular complexity index is 177. The predicted octanol–water partition coefficient (Wildman–Crippen LogP) is 3.63. The van der Waals surface area contributed by atoms with Gasteiger partial charge in [-0.3, -0.25) is 0 Å². The molecule has 0 spiro atoms. The average molecular weight is 241 g/mol. The normalized spacial score (nSPS) is 21.0. The minimum Gasteiger partial charge on any atom is -0.388 e. The third-order valence-electron chi connectivity index (χ3n) is 4.14. The van der Waals surface area contributed by atoms with Gasteiger partial charge in [0.25, 0.3) is 0 Å². The van der Waals surface area contributed by atoms with Crippen LogP contribution in [0.2, 0.25) is 0 Å². The fourth-order valence-electron chi connectivity index (χ4n) is 2.98. The molecule has 1 atom stereocenters. The minimum atomic E-state index is -0.430. The summed E-state index contributed by atoms with van der Waals surface area (Å²) in [5.41, 5.74) is -0.430. The lowest BCUT2D eigenvalue weighted by Crippen LogP contribution is -2.47. The van der Waals surface area contributed by atoms with E-state index in [0.717, 1.165) is 25.8 Å². The van der Waals surface area contributed by atoms with Crippen molar-refractivity contribution in [1.82, 2.24) is 5.32 Å². The first kappa shape index (κ1) is 15.0. The molecule has 1 saturated heterocycles. The molecule has 0 radical (unpaired) electrons. The van der Waals surface area contributed by atoms with Crippen LogP contribution >= 0.6 is 0 Å². The predicted molar refractivity (Wildman–Crippen MR) is 74.3 cm³/mol. The van der Waals surface area contributed by atoms with Crippen LogP contribution in [-0.4, -0.2) is 23.3 Å². The maximum absolute atomic E-state index is 10.9. The molecule has 0 saturated carbocycles. The smallest absolute Gasteiger partial charge is 0.0800 e. The molecule has 102 valence electrons. The molecule has 1 fully saturated rings. The Kier molecular flexibility index (Phi) is 7.14. The summed E-state index contributed by atoms with van der Waals surface area (Å²) in [4.78, 5) is 0. The highest BCUT2D eigenvalue weighted by molar-refractivity contribution is 4.94. The first-order valence-corrected chi connectivity index (χ1v) is 7.68. The summed E-state index contributed by atoms with van der Waals surface area (Å²) < 4.78 is 0. The lowest BCUT2D eigenvalue weighted by Gasteiger charge is -2.34. The fraction of sp³-hybridized carbons (Fsp3) is 1.00. The van der Waals surface area contributed by atoms with Gasteiger partial charge in [-0.25, -0.2) is 0 Å². The molecule has 0 aliphatic carbocycles. The van der Waals surface area contributed by atoms with E-state index < -0.39 is 5.60 Å². The molecule has 2 nitrogen and oxygen atoms in total. The Labute approximate surface area is 107 Å². The number of rotatable bonds is 9. The highest BCUT2D eigenvalue weighted by Crippen LogP contribution is 2.30. The van der Waals surface area contributed by atoms with Crippen LogP contribution in [0.25, 0.3) is 0 Å². The molecular weight excluding hydrogens is 210 g/mol. The molecule has 0 bridgehead atoms. The first-order chi connectivity index (χ1) is 8.23. The highest BCUT2D eigenvalue weighted by Gasteiger charge is 2.36. The van der Waals surface area contributed by atoms with Crippen LogP contribution in [0, 0.1) is 0 Å². The van der Waals surface area contributed by atoms with Crippen LogP contribution in [0.4, 0.5) is 0 Å². The number of nitrogens with one attached hydrogen (secondary N) is 1. The maximum Gasteiger partial charge on any atom is 0.0800 e. The van der Waals surface area contributed by atoms with E-state index in [1.54, 1.807) is 0 Å². The lowest BCUT2D eigenvalue weighted by atomic mass is 9.83. The second kappa shape index (κ2) is 8.10. The van der Waals surface area contributed by atoms with E-state index in [1.807, 2.05) is 0 Å². The Morgan fingerprint density at radius 1 is 1.06 bits per heavy atom. The van der Waals surface area contributed by atoms with Gasteiger partial charge in [-0.05, 0) is 32.2 Å². The Hall–Kier alpha value is -0.0800. The van der Waals surface area contributed by atoms with Gasteiger partial charge in [0, 0.05) is 6.04 Å². The van der Waals surface area contributed by atoms with E-state index in [4.69, 9.17) is 0 Å². The van der Waals surface area contributed by atoms with E-state index in [2.05, 4.69) is 19.2 Å². The Morgan fingerprint density at radius 2 is 1.65 bits per heavy atom. The van der Waals surface area contributed by atoms with Crippen LogP contribution in [0.3, 0.4) is 0 Å². The number of hydrogen-bond donors (Lipinski definition) is 2. The van der Waals surface area contributed by atoms with E-state index >= 15 is 0 Å². The van der Waals surface area contributed by atoms with Crippen molar-refractivity contribution in [3.05, 3.63) is 0 Å². The minimum absolute atomic E-state index is 0.358. The summed E-state index contributed by atoms with van der Waals surface area (Å²) in [5.74, 6) is 0. The van der Waals surface area contributed by atoms with Gasteiger partial charge < -0.3 is 10.4 Å². The summed E-state index contributed by atoms with van der Waals surface area (Å²) in [5, 5.41) is 14.4. The molecule has 0 aromatic carbocycles. The standard InChI is InChI=1S/C15H31NO/c1-3-5-7-11-15(17,12-8-6-4-2)14-10-9-13-16-14/h14,16-17H,3-13H2,1-2H3/t14-/m0/s1. The number of unbranched alkanes of at least 4 members (excludes halogenated alkanes) is 4. The second-order valence-electron chi connectivity index (χ2n) is 5.67. The van der Waals surface area contributed by atoms with Crippen molar-refractivity contribution in [3.8, 4) is 0 Å². The molecule has 17 heavy (non-hydrogen) atoms. The van der Waals surface area contributed by atoms with Crippen molar-refractivity contribution in [2.45, 2.75) is 89.7 Å². The third kappa shape index (κ3) is 4.97. The van der Waals surface area contributed by atoms with Crippen LogP contribution < -0.4 is 5.32 Å². The van der Waals surface area contributed by atoms with Crippen LogP contribution in [0.1, 0.15) is 78.1 Å². The van der Waals surface area contributed by atoms with E-state index in [-0.39, 0.29) is 0 Å². The Balaban J connectivity index is 2.42. The van der Waals surface area contributed by atoms with Crippen molar-refractivity contribution in [3.63, 3.8) is 0 Å². The highest BCUT2D eigenvalue weighted by atomic mass is 16.3. The molecule has 1 aliphatic rings. The quantitative estimate of drug-likeness (QED) is 0.604. The van der Waals surface area contributed by atoms with Crippen LogP contribution in [0.5, 0.6) is 0 Å². The molecule has 0 amide bonds. The van der Waals surface area contributed by atoms with Gasteiger partial charge in [0.1, 0.15) is 0 Å². The topological polar surface area (TPSA) is 32.3 Å². The third-order valence-corrected chi connectivity index (χ3v) is 4.14. The Morgan fingerprint density at radius 3 is 2.06 bits per heavy atom. The number of aliphatic hydroxyl groups is 1. The van der Waals surface area contributed by atoms with Crippen molar-refractivity contribution >= 4 is 0 Å². The molecule has 0 aromatic rings. The fourth-order valence-corrected chi connectivity index (χ4v) is 2.98. The van der Waals surface area contributed by atoms with Crippen molar-refractivity contribution in [2.24, 2.45) is 0 Å².